The highest BCUT2D eigenvalue weighted by molar-refractivity contribution is 5.13. The molecule has 0 bridgehead atoms. The summed E-state index contributed by atoms with van der Waals surface area (Å²) in [4.78, 5) is 0. The van der Waals surface area contributed by atoms with E-state index in [1.54, 1.807) is 0 Å². The Balaban J connectivity index is 1.80. The van der Waals surface area contributed by atoms with Crippen LogP contribution in [0.4, 0.5) is 4.39 Å². The molecule has 0 amide bonds. The summed E-state index contributed by atoms with van der Waals surface area (Å²) in [5, 5.41) is 9.21. The van der Waals surface area contributed by atoms with Crippen molar-refractivity contribution >= 4 is 0 Å². The number of rotatable bonds is 3. The molecule has 1 aliphatic carbocycles. The number of hydrogen-bond donors (Lipinski definition) is 1. The van der Waals surface area contributed by atoms with Crippen LogP contribution in [0.5, 0.6) is 0 Å². The summed E-state index contributed by atoms with van der Waals surface area (Å²) in [7, 11) is 0. The Morgan fingerprint density at radius 1 is 1.27 bits per heavy atom. The molecule has 0 spiro atoms. The maximum absolute atomic E-state index is 13.0. The number of halogens is 1. The Morgan fingerprint density at radius 2 is 2.00 bits per heavy atom. The van der Waals surface area contributed by atoms with E-state index < -0.39 is 12.3 Å². The Hall–Kier alpha value is -0.930. The minimum atomic E-state index is -1.12. The van der Waals surface area contributed by atoms with Gasteiger partial charge in [0.1, 0.15) is 6.17 Å². The van der Waals surface area contributed by atoms with Crippen LogP contribution >= 0.6 is 0 Å². The monoisotopic (exact) mass is 210 g/mol. The zero-order chi connectivity index (χ0) is 10.7. The minimum absolute atomic E-state index is 0.143. The van der Waals surface area contributed by atoms with Crippen molar-refractivity contribution in [1.29, 1.82) is 0 Å². The zero-order valence-corrected chi connectivity index (χ0v) is 8.47. The summed E-state index contributed by atoms with van der Waals surface area (Å²) in [5.74, 6) is 0. The average molecular weight is 210 g/mol. The minimum Gasteiger partial charge on any atom is -0.390 e. The largest absolute Gasteiger partial charge is 0.390 e. The number of aliphatic hydroxyl groups excluding tert-OH is 1. The second-order valence-electron chi connectivity index (χ2n) is 3.97. The molecule has 0 radical (unpaired) electrons. The van der Waals surface area contributed by atoms with Crippen molar-refractivity contribution in [2.24, 2.45) is 0 Å². The lowest BCUT2D eigenvalue weighted by molar-refractivity contribution is 0.0357. The third kappa shape index (κ3) is 2.76. The van der Waals surface area contributed by atoms with E-state index in [9.17, 15) is 9.50 Å². The summed E-state index contributed by atoms with van der Waals surface area (Å²) in [5.41, 5.74) is 1.08. The smallest absolute Gasteiger partial charge is 0.128 e. The van der Waals surface area contributed by atoms with E-state index in [1.807, 2.05) is 30.3 Å². The average Bonchev–Trinajstić information content (AvgIpc) is 2.57. The molecular formula is C12H15FO2. The molecule has 2 nitrogen and oxygen atoms in total. The van der Waals surface area contributed by atoms with E-state index in [1.165, 1.54) is 0 Å². The molecule has 1 aliphatic rings. The molecule has 15 heavy (non-hydrogen) atoms. The van der Waals surface area contributed by atoms with E-state index in [4.69, 9.17) is 4.74 Å². The fourth-order valence-corrected chi connectivity index (χ4v) is 1.85. The lowest BCUT2D eigenvalue weighted by Crippen LogP contribution is -2.12. The number of benzene rings is 1. The molecule has 1 aromatic rings. The molecule has 0 unspecified atom stereocenters. The van der Waals surface area contributed by atoms with Crippen molar-refractivity contribution in [2.45, 2.75) is 37.8 Å². The van der Waals surface area contributed by atoms with Gasteiger partial charge in [-0.15, -0.1) is 0 Å². The molecule has 1 N–H and O–H groups in total. The van der Waals surface area contributed by atoms with E-state index in [0.717, 1.165) is 5.56 Å². The van der Waals surface area contributed by atoms with Crippen molar-refractivity contribution in [3.05, 3.63) is 35.9 Å². The Labute approximate surface area is 88.7 Å². The standard InChI is InChI=1S/C12H15FO2/c13-11-6-10(7-12(11)14)15-8-9-4-2-1-3-5-9/h1-5,10-12,14H,6-8H2/t10-,11-,12+/m1/s1. The van der Waals surface area contributed by atoms with Crippen LogP contribution in [-0.4, -0.2) is 23.5 Å². The fraction of sp³-hybridized carbons (Fsp3) is 0.500. The van der Waals surface area contributed by atoms with Gasteiger partial charge in [-0.2, -0.15) is 0 Å². The molecule has 0 aromatic heterocycles. The third-order valence-electron chi connectivity index (χ3n) is 2.74. The van der Waals surface area contributed by atoms with Gasteiger partial charge in [0.25, 0.3) is 0 Å². The van der Waals surface area contributed by atoms with Gasteiger partial charge >= 0.3 is 0 Å². The first-order valence-corrected chi connectivity index (χ1v) is 5.23. The molecule has 82 valence electrons. The Kier molecular flexibility index (Phi) is 3.34. The van der Waals surface area contributed by atoms with Crippen LogP contribution in [0.25, 0.3) is 0 Å². The van der Waals surface area contributed by atoms with Gasteiger partial charge in [-0.05, 0) is 5.56 Å². The lowest BCUT2D eigenvalue weighted by atomic mass is 10.2. The highest BCUT2D eigenvalue weighted by Crippen LogP contribution is 2.25. The first kappa shape index (κ1) is 10.6. The second-order valence-corrected chi connectivity index (χ2v) is 3.97. The molecule has 2 rings (SSSR count). The fourth-order valence-electron chi connectivity index (χ4n) is 1.85. The number of aliphatic hydroxyl groups is 1. The molecule has 0 saturated heterocycles. The van der Waals surface area contributed by atoms with Gasteiger partial charge in [0.05, 0.1) is 18.8 Å². The molecule has 1 fully saturated rings. The van der Waals surface area contributed by atoms with Crippen LogP contribution in [0.2, 0.25) is 0 Å². The van der Waals surface area contributed by atoms with E-state index in [-0.39, 0.29) is 6.10 Å². The molecule has 0 aliphatic heterocycles. The number of alkyl halides is 1. The van der Waals surface area contributed by atoms with Gasteiger partial charge in [0.2, 0.25) is 0 Å². The van der Waals surface area contributed by atoms with E-state index in [0.29, 0.717) is 19.4 Å². The van der Waals surface area contributed by atoms with Crippen molar-refractivity contribution in [3.63, 3.8) is 0 Å². The Morgan fingerprint density at radius 3 is 2.60 bits per heavy atom. The van der Waals surface area contributed by atoms with Gasteiger partial charge in [-0.25, -0.2) is 4.39 Å². The normalized spacial score (nSPS) is 30.7. The molecule has 3 heteroatoms. The van der Waals surface area contributed by atoms with Crippen LogP contribution < -0.4 is 0 Å². The van der Waals surface area contributed by atoms with Gasteiger partial charge in [0.15, 0.2) is 0 Å². The predicted molar refractivity (Wildman–Crippen MR) is 55.2 cm³/mol. The summed E-state index contributed by atoms with van der Waals surface area (Å²) in [6, 6.07) is 9.78. The SMILES string of the molecule is O[C@H]1C[C@H](OCc2ccccc2)C[C@H]1F. The number of hydrogen-bond acceptors (Lipinski definition) is 2. The Bertz CT molecular complexity index is 292. The van der Waals surface area contributed by atoms with Crippen molar-refractivity contribution in [2.75, 3.05) is 0 Å². The maximum atomic E-state index is 13.0. The quantitative estimate of drug-likeness (QED) is 0.827. The summed E-state index contributed by atoms with van der Waals surface area (Å²) < 4.78 is 18.5. The van der Waals surface area contributed by atoms with Gasteiger partial charge in [0, 0.05) is 12.8 Å². The maximum Gasteiger partial charge on any atom is 0.128 e. The third-order valence-corrected chi connectivity index (χ3v) is 2.74. The van der Waals surface area contributed by atoms with Crippen molar-refractivity contribution < 1.29 is 14.2 Å². The van der Waals surface area contributed by atoms with Gasteiger partial charge < -0.3 is 9.84 Å². The lowest BCUT2D eigenvalue weighted by Gasteiger charge is -2.10. The number of ether oxygens (including phenoxy) is 1. The summed E-state index contributed by atoms with van der Waals surface area (Å²) in [6.07, 6.45) is -1.38. The highest BCUT2D eigenvalue weighted by atomic mass is 19.1. The second kappa shape index (κ2) is 4.73. The van der Waals surface area contributed by atoms with Gasteiger partial charge in [-0.3, -0.25) is 0 Å². The topological polar surface area (TPSA) is 29.5 Å². The first-order valence-electron chi connectivity index (χ1n) is 5.23. The molecule has 0 heterocycles. The molecule has 1 saturated carbocycles. The van der Waals surface area contributed by atoms with Crippen molar-refractivity contribution in [3.8, 4) is 0 Å². The summed E-state index contributed by atoms with van der Waals surface area (Å²) in [6.45, 7) is 0.491. The van der Waals surface area contributed by atoms with Crippen LogP contribution in [0.1, 0.15) is 18.4 Å². The predicted octanol–water partition coefficient (Wildman–Crippen LogP) is 2.06. The molecular weight excluding hydrogens is 195 g/mol. The first-order chi connectivity index (χ1) is 7.25. The highest BCUT2D eigenvalue weighted by Gasteiger charge is 2.33. The zero-order valence-electron chi connectivity index (χ0n) is 8.47. The van der Waals surface area contributed by atoms with E-state index in [2.05, 4.69) is 0 Å². The molecule has 1 aromatic carbocycles. The van der Waals surface area contributed by atoms with E-state index >= 15 is 0 Å². The van der Waals surface area contributed by atoms with Crippen LogP contribution in [0, 0.1) is 0 Å². The van der Waals surface area contributed by atoms with Crippen LogP contribution in [0.3, 0.4) is 0 Å². The van der Waals surface area contributed by atoms with Crippen molar-refractivity contribution in [1.82, 2.24) is 0 Å². The van der Waals surface area contributed by atoms with Gasteiger partial charge in [-0.1, -0.05) is 30.3 Å². The molecule has 3 atom stereocenters. The van der Waals surface area contributed by atoms with Crippen LogP contribution in [-0.2, 0) is 11.3 Å². The van der Waals surface area contributed by atoms with Crippen LogP contribution in [0.15, 0.2) is 30.3 Å². The summed E-state index contributed by atoms with van der Waals surface area (Å²) >= 11 is 0.